The van der Waals surface area contributed by atoms with Crippen LogP contribution in [0.25, 0.3) is 11.3 Å². The van der Waals surface area contributed by atoms with Crippen LogP contribution in [0.5, 0.6) is 0 Å². The third-order valence-electron chi connectivity index (χ3n) is 5.25. The number of halogens is 1. The number of carbonyl (C=O) groups is 2. The van der Waals surface area contributed by atoms with Crippen molar-refractivity contribution in [2.75, 3.05) is 23.3 Å². The molecule has 3 N–H and O–H groups in total. The highest BCUT2D eigenvalue weighted by Gasteiger charge is 2.24. The van der Waals surface area contributed by atoms with E-state index in [2.05, 4.69) is 25.7 Å². The third kappa shape index (κ3) is 5.09. The Morgan fingerprint density at radius 2 is 1.97 bits per heavy atom. The molecule has 0 unspecified atom stereocenters. The van der Waals surface area contributed by atoms with Crippen LogP contribution in [0.15, 0.2) is 54.6 Å². The number of amides is 2. The zero-order valence-corrected chi connectivity index (χ0v) is 17.2. The van der Waals surface area contributed by atoms with Crippen molar-refractivity contribution >= 4 is 23.3 Å². The molecule has 1 aliphatic heterocycles. The van der Waals surface area contributed by atoms with Gasteiger partial charge in [0.1, 0.15) is 5.82 Å². The highest BCUT2D eigenvalue weighted by molar-refractivity contribution is 5.97. The maximum Gasteiger partial charge on any atom is 0.251 e. The fourth-order valence-corrected chi connectivity index (χ4v) is 3.76. The second-order valence-electron chi connectivity index (χ2n) is 7.67. The van der Waals surface area contributed by atoms with Crippen LogP contribution in [-0.2, 0) is 4.79 Å². The summed E-state index contributed by atoms with van der Waals surface area (Å²) in [5.74, 6) is 0.166. The Morgan fingerprint density at radius 1 is 1.16 bits per heavy atom. The average molecular weight is 421 g/mol. The van der Waals surface area contributed by atoms with Gasteiger partial charge in [-0.1, -0.05) is 6.07 Å². The molecule has 8 heteroatoms. The van der Waals surface area contributed by atoms with Crippen molar-refractivity contribution in [2.45, 2.75) is 25.8 Å². The van der Waals surface area contributed by atoms with Crippen molar-refractivity contribution in [1.82, 2.24) is 15.5 Å². The van der Waals surface area contributed by atoms with E-state index < -0.39 is 0 Å². The summed E-state index contributed by atoms with van der Waals surface area (Å²) in [7, 11) is 0. The van der Waals surface area contributed by atoms with Gasteiger partial charge in [0.2, 0.25) is 5.91 Å². The molecule has 2 amide bonds. The zero-order chi connectivity index (χ0) is 21.8. The first kappa shape index (κ1) is 20.6. The van der Waals surface area contributed by atoms with Gasteiger partial charge in [0.05, 0.1) is 5.69 Å². The van der Waals surface area contributed by atoms with E-state index >= 15 is 0 Å². The maximum absolute atomic E-state index is 13.2. The molecule has 31 heavy (non-hydrogen) atoms. The molecule has 0 saturated carbocycles. The smallest absolute Gasteiger partial charge is 0.251 e. The molecule has 2 heterocycles. The van der Waals surface area contributed by atoms with Crippen LogP contribution in [-0.4, -0.2) is 41.1 Å². The van der Waals surface area contributed by atoms with E-state index in [9.17, 15) is 14.0 Å². The largest absolute Gasteiger partial charge is 0.353 e. The standard InChI is InChI=1S/C23H24FN5O2/c1-15(30)25-19-5-2-4-17(12-19)23(31)26-20-6-3-11-29(14-20)22-13-21(27-28-22)16-7-9-18(24)10-8-16/h2,4-5,7-10,12-13,20H,3,6,11,14H2,1H3,(H,25,30)(H,26,31)(H,27,28)/t20-/m0/s1. The van der Waals surface area contributed by atoms with Crippen molar-refractivity contribution in [3.05, 3.63) is 66.0 Å². The number of hydrogen-bond donors (Lipinski definition) is 3. The van der Waals surface area contributed by atoms with Crippen LogP contribution >= 0.6 is 0 Å². The lowest BCUT2D eigenvalue weighted by Crippen LogP contribution is -2.48. The Kier molecular flexibility index (Phi) is 5.97. The molecule has 1 aliphatic rings. The maximum atomic E-state index is 13.2. The first-order valence-electron chi connectivity index (χ1n) is 10.2. The van der Waals surface area contributed by atoms with Gasteiger partial charge >= 0.3 is 0 Å². The van der Waals surface area contributed by atoms with E-state index in [1.807, 2.05) is 6.07 Å². The van der Waals surface area contributed by atoms with E-state index in [-0.39, 0.29) is 23.7 Å². The van der Waals surface area contributed by atoms with Crippen LogP contribution in [0, 0.1) is 5.82 Å². The van der Waals surface area contributed by atoms with Crippen LogP contribution in [0.1, 0.15) is 30.1 Å². The van der Waals surface area contributed by atoms with Gasteiger partial charge in [-0.25, -0.2) is 4.39 Å². The molecule has 0 bridgehead atoms. The number of H-pyrrole nitrogens is 1. The van der Waals surface area contributed by atoms with Crippen molar-refractivity contribution in [1.29, 1.82) is 0 Å². The predicted molar refractivity (Wildman–Crippen MR) is 117 cm³/mol. The molecule has 3 aromatic rings. The lowest BCUT2D eigenvalue weighted by Gasteiger charge is -2.33. The van der Waals surface area contributed by atoms with Crippen molar-refractivity contribution < 1.29 is 14.0 Å². The van der Waals surface area contributed by atoms with Gasteiger partial charge in [0, 0.05) is 43.4 Å². The fraction of sp³-hybridized carbons (Fsp3) is 0.261. The Morgan fingerprint density at radius 3 is 2.74 bits per heavy atom. The van der Waals surface area contributed by atoms with E-state index in [4.69, 9.17) is 0 Å². The average Bonchev–Trinajstić information content (AvgIpc) is 3.24. The number of carbonyl (C=O) groups excluding carboxylic acids is 2. The summed E-state index contributed by atoms with van der Waals surface area (Å²) >= 11 is 0. The SMILES string of the molecule is CC(=O)Nc1cccc(C(=O)N[C@H]2CCCN(c3cc(-c4ccc(F)cc4)[nH]n3)C2)c1. The normalized spacial score (nSPS) is 16.1. The van der Waals surface area contributed by atoms with Gasteiger partial charge in [-0.15, -0.1) is 0 Å². The van der Waals surface area contributed by atoms with Gasteiger partial charge < -0.3 is 15.5 Å². The number of nitrogens with one attached hydrogen (secondary N) is 3. The summed E-state index contributed by atoms with van der Waals surface area (Å²) in [6.45, 7) is 2.92. The molecular weight excluding hydrogens is 397 g/mol. The topological polar surface area (TPSA) is 90.1 Å². The molecule has 160 valence electrons. The summed E-state index contributed by atoms with van der Waals surface area (Å²) in [5, 5.41) is 13.2. The number of aromatic amines is 1. The monoisotopic (exact) mass is 421 g/mol. The molecule has 1 atom stereocenters. The summed E-state index contributed by atoms with van der Waals surface area (Å²) in [6, 6.07) is 15.1. The lowest BCUT2D eigenvalue weighted by atomic mass is 10.0. The van der Waals surface area contributed by atoms with Crippen molar-refractivity contribution in [2.24, 2.45) is 0 Å². The molecule has 7 nitrogen and oxygen atoms in total. The zero-order valence-electron chi connectivity index (χ0n) is 17.2. The van der Waals surface area contributed by atoms with E-state index in [0.717, 1.165) is 36.5 Å². The summed E-state index contributed by atoms with van der Waals surface area (Å²) in [5.41, 5.74) is 2.77. The number of aromatic nitrogens is 2. The van der Waals surface area contributed by atoms with Crippen LogP contribution in [0.4, 0.5) is 15.9 Å². The van der Waals surface area contributed by atoms with E-state index in [0.29, 0.717) is 17.8 Å². The predicted octanol–water partition coefficient (Wildman–Crippen LogP) is 3.57. The molecular formula is C23H24FN5O2. The number of anilines is 2. The third-order valence-corrected chi connectivity index (χ3v) is 5.25. The second kappa shape index (κ2) is 8.99. The summed E-state index contributed by atoms with van der Waals surface area (Å²) in [6.07, 6.45) is 1.80. The Hall–Kier alpha value is -3.68. The minimum Gasteiger partial charge on any atom is -0.353 e. The molecule has 2 aromatic carbocycles. The molecule has 0 radical (unpaired) electrons. The Labute approximate surface area is 179 Å². The fourth-order valence-electron chi connectivity index (χ4n) is 3.76. The number of piperidine rings is 1. The van der Waals surface area contributed by atoms with Gasteiger partial charge in [0.25, 0.3) is 5.91 Å². The summed E-state index contributed by atoms with van der Waals surface area (Å²) in [4.78, 5) is 26.1. The highest BCUT2D eigenvalue weighted by Crippen LogP contribution is 2.24. The lowest BCUT2D eigenvalue weighted by molar-refractivity contribution is -0.114. The Bertz CT molecular complexity index is 1080. The van der Waals surface area contributed by atoms with E-state index in [1.165, 1.54) is 19.1 Å². The van der Waals surface area contributed by atoms with Gasteiger partial charge in [-0.2, -0.15) is 5.10 Å². The number of hydrogen-bond acceptors (Lipinski definition) is 4. The highest BCUT2D eigenvalue weighted by atomic mass is 19.1. The molecule has 1 fully saturated rings. The van der Waals surface area contributed by atoms with E-state index in [1.54, 1.807) is 36.4 Å². The van der Waals surface area contributed by atoms with Crippen molar-refractivity contribution in [3.8, 4) is 11.3 Å². The van der Waals surface area contributed by atoms with Gasteiger partial charge in [-0.3, -0.25) is 14.7 Å². The molecule has 1 saturated heterocycles. The van der Waals surface area contributed by atoms with Crippen LogP contribution < -0.4 is 15.5 Å². The molecule has 0 spiro atoms. The van der Waals surface area contributed by atoms with Crippen LogP contribution in [0.2, 0.25) is 0 Å². The molecule has 0 aliphatic carbocycles. The first-order valence-corrected chi connectivity index (χ1v) is 10.2. The van der Waals surface area contributed by atoms with Crippen LogP contribution in [0.3, 0.4) is 0 Å². The quantitative estimate of drug-likeness (QED) is 0.588. The van der Waals surface area contributed by atoms with Gasteiger partial charge in [0.15, 0.2) is 5.82 Å². The molecule has 4 rings (SSSR count). The number of benzene rings is 2. The first-order chi connectivity index (χ1) is 15.0. The summed E-state index contributed by atoms with van der Waals surface area (Å²) < 4.78 is 13.2. The van der Waals surface area contributed by atoms with Gasteiger partial charge in [-0.05, 0) is 60.9 Å². The molecule has 1 aromatic heterocycles. The number of nitrogens with zero attached hydrogens (tertiary/aromatic N) is 2. The minimum absolute atomic E-state index is 0.0170. The number of rotatable bonds is 5. The van der Waals surface area contributed by atoms with Crippen molar-refractivity contribution in [3.63, 3.8) is 0 Å². The second-order valence-corrected chi connectivity index (χ2v) is 7.67. The Balaban J connectivity index is 1.40. The minimum atomic E-state index is -0.277.